The van der Waals surface area contributed by atoms with Gasteiger partial charge in [-0.3, -0.25) is 0 Å². The van der Waals surface area contributed by atoms with Gasteiger partial charge in [0, 0.05) is 6.04 Å². The Morgan fingerprint density at radius 3 is 2.90 bits per heavy atom. The highest BCUT2D eigenvalue weighted by molar-refractivity contribution is 5.37. The number of hydrogen-bond acceptors (Lipinski definition) is 2. The van der Waals surface area contributed by atoms with Gasteiger partial charge in [0.15, 0.2) is 0 Å². The maximum Gasteiger partial charge on any atom is 0.122 e. The standard InChI is InChI=1S/C18H27NO/c1-2-19-17-9-5-3-7-15(17)13-14-11-12-20-18-10-6-4-8-16(14)18/h4,6,8,10,14-15,17,19H,2-3,5,7,9,11-13H2,1H3. The van der Waals surface area contributed by atoms with Gasteiger partial charge in [-0.25, -0.2) is 0 Å². The predicted octanol–water partition coefficient (Wildman–Crippen LogP) is 4.11. The first-order valence-corrected chi connectivity index (χ1v) is 8.33. The van der Waals surface area contributed by atoms with E-state index in [-0.39, 0.29) is 0 Å². The number of ether oxygens (including phenoxy) is 1. The van der Waals surface area contributed by atoms with Crippen molar-refractivity contribution in [2.75, 3.05) is 13.2 Å². The van der Waals surface area contributed by atoms with Crippen LogP contribution >= 0.6 is 0 Å². The molecule has 1 heterocycles. The van der Waals surface area contributed by atoms with Crippen molar-refractivity contribution in [3.63, 3.8) is 0 Å². The van der Waals surface area contributed by atoms with Crippen LogP contribution in [0.15, 0.2) is 24.3 Å². The molecule has 1 aromatic rings. The lowest BCUT2D eigenvalue weighted by molar-refractivity contribution is 0.208. The Morgan fingerprint density at radius 2 is 2.00 bits per heavy atom. The Balaban J connectivity index is 1.71. The quantitative estimate of drug-likeness (QED) is 0.891. The smallest absolute Gasteiger partial charge is 0.122 e. The predicted molar refractivity (Wildman–Crippen MR) is 83.3 cm³/mol. The Bertz CT molecular complexity index is 429. The second-order valence-corrected chi connectivity index (χ2v) is 6.32. The Kier molecular flexibility index (Phi) is 4.62. The van der Waals surface area contributed by atoms with Gasteiger partial charge in [-0.15, -0.1) is 0 Å². The fourth-order valence-corrected chi connectivity index (χ4v) is 4.05. The normalized spacial score (nSPS) is 29.6. The number of fused-ring (bicyclic) bond motifs is 1. The maximum atomic E-state index is 5.80. The summed E-state index contributed by atoms with van der Waals surface area (Å²) in [5.41, 5.74) is 1.44. The number of rotatable bonds is 4. The topological polar surface area (TPSA) is 21.3 Å². The molecule has 110 valence electrons. The van der Waals surface area contributed by atoms with E-state index in [1.807, 2.05) is 0 Å². The van der Waals surface area contributed by atoms with Gasteiger partial charge in [-0.2, -0.15) is 0 Å². The third-order valence-corrected chi connectivity index (χ3v) is 5.05. The summed E-state index contributed by atoms with van der Waals surface area (Å²) in [4.78, 5) is 0. The summed E-state index contributed by atoms with van der Waals surface area (Å²) in [5.74, 6) is 2.67. The minimum absolute atomic E-state index is 0.698. The van der Waals surface area contributed by atoms with Crippen LogP contribution in [-0.2, 0) is 0 Å². The van der Waals surface area contributed by atoms with Crippen LogP contribution in [0.25, 0.3) is 0 Å². The average molecular weight is 273 g/mol. The van der Waals surface area contributed by atoms with Crippen LogP contribution in [0.4, 0.5) is 0 Å². The summed E-state index contributed by atoms with van der Waals surface area (Å²) in [6.07, 6.45) is 8.10. The first kappa shape index (κ1) is 13.9. The molecule has 0 bridgehead atoms. The maximum absolute atomic E-state index is 5.80. The summed E-state index contributed by atoms with van der Waals surface area (Å²) >= 11 is 0. The van der Waals surface area contributed by atoms with Crippen molar-refractivity contribution in [2.24, 2.45) is 5.92 Å². The molecule has 1 aliphatic carbocycles. The van der Waals surface area contributed by atoms with Crippen molar-refractivity contribution >= 4 is 0 Å². The van der Waals surface area contributed by atoms with Crippen molar-refractivity contribution in [3.05, 3.63) is 29.8 Å². The summed E-state index contributed by atoms with van der Waals surface area (Å²) in [6.45, 7) is 4.22. The fourth-order valence-electron chi connectivity index (χ4n) is 4.05. The Morgan fingerprint density at radius 1 is 1.15 bits per heavy atom. The first-order valence-electron chi connectivity index (χ1n) is 8.33. The lowest BCUT2D eigenvalue weighted by Crippen LogP contribution is -2.39. The van der Waals surface area contributed by atoms with Crippen LogP contribution in [-0.4, -0.2) is 19.2 Å². The molecule has 0 amide bonds. The molecular weight excluding hydrogens is 246 g/mol. The van der Waals surface area contributed by atoms with Gasteiger partial charge in [-0.05, 0) is 55.7 Å². The number of benzene rings is 1. The largest absolute Gasteiger partial charge is 0.493 e. The molecule has 1 fully saturated rings. The van der Waals surface area contributed by atoms with Crippen LogP contribution < -0.4 is 10.1 Å². The van der Waals surface area contributed by atoms with E-state index in [4.69, 9.17) is 4.74 Å². The van der Waals surface area contributed by atoms with E-state index in [1.165, 1.54) is 44.1 Å². The molecular formula is C18H27NO. The van der Waals surface area contributed by atoms with Gasteiger partial charge in [0.25, 0.3) is 0 Å². The molecule has 0 radical (unpaired) electrons. The van der Waals surface area contributed by atoms with Gasteiger partial charge in [-0.1, -0.05) is 38.0 Å². The molecule has 1 aliphatic heterocycles. The second kappa shape index (κ2) is 6.62. The number of nitrogens with one attached hydrogen (secondary N) is 1. The molecule has 0 saturated heterocycles. The minimum atomic E-state index is 0.698. The molecule has 0 spiro atoms. The van der Waals surface area contributed by atoms with Crippen molar-refractivity contribution in [1.82, 2.24) is 5.32 Å². The number of para-hydroxylation sites is 1. The Labute approximate surface area is 122 Å². The minimum Gasteiger partial charge on any atom is -0.493 e. The third kappa shape index (κ3) is 3.01. The van der Waals surface area contributed by atoms with Crippen molar-refractivity contribution in [3.8, 4) is 5.75 Å². The van der Waals surface area contributed by atoms with Crippen LogP contribution in [0.5, 0.6) is 5.75 Å². The van der Waals surface area contributed by atoms with Gasteiger partial charge < -0.3 is 10.1 Å². The molecule has 20 heavy (non-hydrogen) atoms. The molecule has 2 heteroatoms. The molecule has 3 unspecified atom stereocenters. The summed E-state index contributed by atoms with van der Waals surface area (Å²) in [6, 6.07) is 9.38. The highest BCUT2D eigenvalue weighted by Gasteiger charge is 2.29. The van der Waals surface area contributed by atoms with Crippen molar-refractivity contribution in [2.45, 2.75) is 57.4 Å². The molecule has 1 aromatic carbocycles. The third-order valence-electron chi connectivity index (χ3n) is 5.05. The summed E-state index contributed by atoms with van der Waals surface area (Å²) < 4.78 is 5.80. The zero-order chi connectivity index (χ0) is 13.8. The van der Waals surface area contributed by atoms with Gasteiger partial charge in [0.05, 0.1) is 6.61 Å². The Hall–Kier alpha value is -1.02. The lowest BCUT2D eigenvalue weighted by Gasteiger charge is -2.36. The van der Waals surface area contributed by atoms with E-state index < -0.39 is 0 Å². The van der Waals surface area contributed by atoms with Crippen LogP contribution in [0.1, 0.15) is 56.9 Å². The van der Waals surface area contributed by atoms with E-state index in [9.17, 15) is 0 Å². The van der Waals surface area contributed by atoms with E-state index in [2.05, 4.69) is 36.5 Å². The van der Waals surface area contributed by atoms with E-state index in [0.717, 1.165) is 30.9 Å². The monoisotopic (exact) mass is 273 g/mol. The van der Waals surface area contributed by atoms with Gasteiger partial charge in [0.2, 0.25) is 0 Å². The highest BCUT2D eigenvalue weighted by Crippen LogP contribution is 2.40. The van der Waals surface area contributed by atoms with E-state index in [1.54, 1.807) is 0 Å². The van der Waals surface area contributed by atoms with E-state index in [0.29, 0.717) is 5.92 Å². The summed E-state index contributed by atoms with van der Waals surface area (Å²) in [7, 11) is 0. The molecule has 3 rings (SSSR count). The summed E-state index contributed by atoms with van der Waals surface area (Å²) in [5, 5.41) is 3.72. The highest BCUT2D eigenvalue weighted by atomic mass is 16.5. The molecule has 0 aromatic heterocycles. The van der Waals surface area contributed by atoms with Crippen LogP contribution in [0.3, 0.4) is 0 Å². The van der Waals surface area contributed by atoms with Crippen molar-refractivity contribution in [1.29, 1.82) is 0 Å². The SMILES string of the molecule is CCNC1CCCCC1CC1CCOc2ccccc21. The molecule has 1 saturated carbocycles. The average Bonchev–Trinajstić information content (AvgIpc) is 2.50. The molecule has 2 aliphatic rings. The molecule has 2 nitrogen and oxygen atoms in total. The van der Waals surface area contributed by atoms with Gasteiger partial charge in [0.1, 0.15) is 5.75 Å². The zero-order valence-corrected chi connectivity index (χ0v) is 12.6. The second-order valence-electron chi connectivity index (χ2n) is 6.32. The molecule has 1 N–H and O–H groups in total. The zero-order valence-electron chi connectivity index (χ0n) is 12.6. The number of hydrogen-bond donors (Lipinski definition) is 1. The lowest BCUT2D eigenvalue weighted by atomic mass is 9.76. The van der Waals surface area contributed by atoms with Gasteiger partial charge >= 0.3 is 0 Å². The van der Waals surface area contributed by atoms with Crippen molar-refractivity contribution < 1.29 is 4.74 Å². The molecule has 3 atom stereocenters. The fraction of sp³-hybridized carbons (Fsp3) is 0.667. The van der Waals surface area contributed by atoms with Crippen LogP contribution in [0, 0.1) is 5.92 Å². The van der Waals surface area contributed by atoms with Crippen LogP contribution in [0.2, 0.25) is 0 Å². The first-order chi connectivity index (χ1) is 9.88. The van der Waals surface area contributed by atoms with E-state index >= 15 is 0 Å².